The van der Waals surface area contributed by atoms with Crippen LogP contribution in [0.15, 0.2) is 52.2 Å². The number of rotatable bonds is 4. The number of thiophene rings is 1. The fraction of sp³-hybridized carbons (Fsp3) is 0.385. The molecule has 2 aliphatic rings. The number of ether oxygens (including phenoxy) is 2. The quantitative estimate of drug-likeness (QED) is 0.536. The van der Waals surface area contributed by atoms with Gasteiger partial charge < -0.3 is 18.9 Å². The van der Waals surface area contributed by atoms with E-state index < -0.39 is 0 Å². The third-order valence-corrected chi connectivity index (χ3v) is 8.82. The van der Waals surface area contributed by atoms with Crippen molar-refractivity contribution in [3.05, 3.63) is 79.4 Å². The molecule has 34 heavy (non-hydrogen) atoms. The Morgan fingerprint density at radius 2 is 2.00 bits per heavy atom. The van der Waals surface area contributed by atoms with Crippen molar-refractivity contribution in [1.29, 1.82) is 0 Å². The number of aryl methyl sites for hydroxylation is 2. The summed E-state index contributed by atoms with van der Waals surface area (Å²) in [4.78, 5) is 32.2. The zero-order valence-electron chi connectivity index (χ0n) is 19.6. The average molecular weight is 497 g/mol. The van der Waals surface area contributed by atoms with Gasteiger partial charge in [0.2, 0.25) is 0 Å². The van der Waals surface area contributed by atoms with E-state index in [0.717, 1.165) is 22.0 Å². The van der Waals surface area contributed by atoms with Crippen LogP contribution in [0, 0.1) is 13.8 Å². The molecule has 1 saturated heterocycles. The van der Waals surface area contributed by atoms with Crippen molar-refractivity contribution in [3.63, 3.8) is 0 Å². The first-order valence-corrected chi connectivity index (χ1v) is 13.1. The first kappa shape index (κ1) is 23.4. The van der Waals surface area contributed by atoms with E-state index in [1.165, 1.54) is 9.75 Å². The van der Waals surface area contributed by atoms with Gasteiger partial charge in [-0.2, -0.15) is 0 Å². The van der Waals surface area contributed by atoms with Gasteiger partial charge in [0.1, 0.15) is 5.56 Å². The molecule has 0 saturated carbocycles. The molecule has 0 unspecified atom stereocenters. The molecule has 0 aliphatic carbocycles. The summed E-state index contributed by atoms with van der Waals surface area (Å²) in [6.07, 6.45) is 0.404. The zero-order chi connectivity index (χ0) is 23.8. The minimum atomic E-state index is -0.270. The van der Waals surface area contributed by atoms with Crippen LogP contribution in [0.5, 0.6) is 0 Å². The van der Waals surface area contributed by atoms with Gasteiger partial charge in [0, 0.05) is 57.4 Å². The smallest absolute Gasteiger partial charge is 0.259 e. The van der Waals surface area contributed by atoms with Crippen molar-refractivity contribution in [2.75, 3.05) is 33.4 Å². The Labute approximate surface area is 207 Å². The predicted octanol–water partition coefficient (Wildman–Crippen LogP) is 4.39. The summed E-state index contributed by atoms with van der Waals surface area (Å²) in [6, 6.07) is 14.1. The highest BCUT2D eigenvalue weighted by Crippen LogP contribution is 2.46. The van der Waals surface area contributed by atoms with Gasteiger partial charge in [0.25, 0.3) is 5.91 Å². The Morgan fingerprint density at radius 3 is 2.74 bits per heavy atom. The van der Waals surface area contributed by atoms with Gasteiger partial charge in [-0.15, -0.1) is 23.1 Å². The first-order valence-electron chi connectivity index (χ1n) is 11.4. The molecule has 1 aromatic carbocycles. The average Bonchev–Trinajstić information content (AvgIpc) is 3.17. The summed E-state index contributed by atoms with van der Waals surface area (Å²) < 4.78 is 13.3. The molecular formula is C26H28N2O4S2. The van der Waals surface area contributed by atoms with Gasteiger partial charge in [-0.3, -0.25) is 9.59 Å². The molecule has 2 atom stereocenters. The molecule has 4 heterocycles. The molecule has 0 N–H and O–H groups in total. The number of aromatic nitrogens is 1. The molecule has 6 nitrogen and oxygen atoms in total. The van der Waals surface area contributed by atoms with Crippen LogP contribution < -0.4 is 5.43 Å². The number of hydrogen-bond donors (Lipinski definition) is 0. The summed E-state index contributed by atoms with van der Waals surface area (Å²) in [5.74, 6) is -0.270. The number of carbonyl (C=O) groups is 1. The number of likely N-dealkylation sites (N-methyl/N-ethyl adjacent to an activating group) is 1. The van der Waals surface area contributed by atoms with Gasteiger partial charge in [0.15, 0.2) is 5.43 Å². The van der Waals surface area contributed by atoms with Gasteiger partial charge in [0.05, 0.1) is 31.6 Å². The molecule has 2 aromatic heterocycles. The highest BCUT2D eigenvalue weighted by atomic mass is 32.2. The van der Waals surface area contributed by atoms with Crippen LogP contribution in [0.3, 0.4) is 0 Å². The number of hydrogen-bond acceptors (Lipinski definition) is 6. The van der Waals surface area contributed by atoms with Gasteiger partial charge >= 0.3 is 0 Å². The van der Waals surface area contributed by atoms with Crippen LogP contribution in [0.2, 0.25) is 0 Å². The lowest BCUT2D eigenvalue weighted by Crippen LogP contribution is -2.42. The Hall–Kier alpha value is -2.39. The normalized spacial score (nSPS) is 19.7. The number of fused-ring (bicyclic) bond motifs is 3. The molecular weight excluding hydrogens is 468 g/mol. The number of carbonyl (C=O) groups excluding carboxylic acids is 1. The highest BCUT2D eigenvalue weighted by molar-refractivity contribution is 7.99. The second-order valence-electron chi connectivity index (χ2n) is 8.79. The van der Waals surface area contributed by atoms with Crippen LogP contribution in [0.25, 0.3) is 5.69 Å². The Kier molecular flexibility index (Phi) is 6.66. The van der Waals surface area contributed by atoms with E-state index >= 15 is 0 Å². The number of pyridine rings is 1. The lowest BCUT2D eigenvalue weighted by molar-refractivity contribution is -0.0933. The van der Waals surface area contributed by atoms with E-state index in [9.17, 15) is 9.59 Å². The van der Waals surface area contributed by atoms with Crippen molar-refractivity contribution in [1.82, 2.24) is 9.47 Å². The molecule has 1 fully saturated rings. The van der Waals surface area contributed by atoms with E-state index in [2.05, 4.69) is 35.8 Å². The zero-order valence-corrected chi connectivity index (χ0v) is 21.2. The summed E-state index contributed by atoms with van der Waals surface area (Å²) in [7, 11) is 1.73. The molecule has 3 aromatic rings. The predicted molar refractivity (Wildman–Crippen MR) is 136 cm³/mol. The second-order valence-corrected chi connectivity index (χ2v) is 11.4. The van der Waals surface area contributed by atoms with E-state index in [1.54, 1.807) is 41.1 Å². The lowest BCUT2D eigenvalue weighted by atomic mass is 10.0. The molecule has 8 heteroatoms. The van der Waals surface area contributed by atoms with E-state index in [4.69, 9.17) is 9.47 Å². The first-order chi connectivity index (χ1) is 16.4. The highest BCUT2D eigenvalue weighted by Gasteiger charge is 2.31. The minimum Gasteiger partial charge on any atom is -0.376 e. The van der Waals surface area contributed by atoms with Gasteiger partial charge in [-0.05, 0) is 38.1 Å². The second kappa shape index (κ2) is 9.70. The van der Waals surface area contributed by atoms with Crippen LogP contribution in [0.4, 0.5) is 0 Å². The molecule has 0 spiro atoms. The molecule has 5 rings (SSSR count). The third kappa shape index (κ3) is 4.47. The third-order valence-electron chi connectivity index (χ3n) is 6.25. The number of para-hydroxylation sites is 1. The molecule has 1 amide bonds. The van der Waals surface area contributed by atoms with Crippen molar-refractivity contribution in [2.24, 2.45) is 0 Å². The van der Waals surface area contributed by atoms with Crippen LogP contribution in [0.1, 0.15) is 36.8 Å². The summed E-state index contributed by atoms with van der Waals surface area (Å²) in [5, 5.41) is 0.113. The Bertz CT molecular complexity index is 1280. The fourth-order valence-corrected chi connectivity index (χ4v) is 7.00. The monoisotopic (exact) mass is 496 g/mol. The maximum absolute atomic E-state index is 13.7. The summed E-state index contributed by atoms with van der Waals surface area (Å²) >= 11 is 3.57. The van der Waals surface area contributed by atoms with Crippen LogP contribution in [-0.4, -0.2) is 54.9 Å². The molecule has 2 aliphatic heterocycles. The van der Waals surface area contributed by atoms with Crippen molar-refractivity contribution < 1.29 is 14.3 Å². The lowest BCUT2D eigenvalue weighted by Gasteiger charge is -2.28. The van der Waals surface area contributed by atoms with Crippen molar-refractivity contribution >= 4 is 29.0 Å². The molecule has 0 radical (unpaired) electrons. The summed E-state index contributed by atoms with van der Waals surface area (Å²) in [5.41, 5.74) is 2.64. The molecule has 0 bridgehead atoms. The maximum Gasteiger partial charge on any atom is 0.259 e. The number of benzene rings is 1. The Morgan fingerprint density at radius 1 is 1.18 bits per heavy atom. The minimum absolute atomic E-state index is 0.113. The van der Waals surface area contributed by atoms with Gasteiger partial charge in [-0.25, -0.2) is 0 Å². The topological polar surface area (TPSA) is 60.8 Å². The maximum atomic E-state index is 13.7. The van der Waals surface area contributed by atoms with Gasteiger partial charge in [-0.1, -0.05) is 12.1 Å². The standard InChI is InChI=1S/C26H28N2O4S2/c1-16-12-21(29)25(26(30)27(3)14-18-15-31-10-11-32-18)20-13-24(23-9-8-17(2)33-23)34-22-7-5-4-6-19(22)28(16)20/h4-9,12,18,24H,10-11,13-15H2,1-3H3/t18-,24-/m1/s1. The van der Waals surface area contributed by atoms with Crippen LogP contribution >= 0.6 is 23.1 Å². The van der Waals surface area contributed by atoms with E-state index in [-0.39, 0.29) is 28.3 Å². The largest absolute Gasteiger partial charge is 0.376 e. The van der Waals surface area contributed by atoms with Crippen molar-refractivity contribution in [2.45, 2.75) is 36.5 Å². The van der Waals surface area contributed by atoms with Crippen LogP contribution in [-0.2, 0) is 15.9 Å². The fourth-order valence-electron chi connectivity index (χ4n) is 4.67. The SMILES string of the molecule is Cc1ccc([C@H]2Cc3c(C(=O)N(C)C[C@@H]4COCCO4)c(=O)cc(C)n3-c3ccccc3S2)s1. The molecule has 178 valence electrons. The number of nitrogens with zero attached hydrogens (tertiary/aromatic N) is 2. The van der Waals surface area contributed by atoms with Crippen molar-refractivity contribution in [3.8, 4) is 5.69 Å². The van der Waals surface area contributed by atoms with E-state index in [0.29, 0.717) is 32.8 Å². The Balaban J connectivity index is 1.61. The number of thioether (sulfide) groups is 1. The van der Waals surface area contributed by atoms with E-state index in [1.807, 2.05) is 19.1 Å². The summed E-state index contributed by atoms with van der Waals surface area (Å²) in [6.45, 7) is 5.96. The number of amides is 1.